The Morgan fingerprint density at radius 1 is 0.730 bits per heavy atom. The van der Waals surface area contributed by atoms with Crippen molar-refractivity contribution in [2.24, 2.45) is 0 Å². The molecule has 0 saturated carbocycles. The van der Waals surface area contributed by atoms with Gasteiger partial charge in [0.2, 0.25) is 5.91 Å². The highest BCUT2D eigenvalue weighted by Gasteiger charge is 2.48. The summed E-state index contributed by atoms with van der Waals surface area (Å²) in [4.78, 5) is 12.5. The SMILES string of the molecule is C#CCC(=O)NC1C(OCCOCC)OC(COCCOCC)C(OCCOCC)C1OCCOCC. The molecule has 0 aromatic heterocycles. The maximum atomic E-state index is 12.5. The number of hydrogen-bond acceptors (Lipinski definition) is 10. The second-order valence-corrected chi connectivity index (χ2v) is 7.92. The van der Waals surface area contributed by atoms with Gasteiger partial charge in [-0.2, -0.15) is 0 Å². The number of terminal acetylenes is 1. The Morgan fingerprint density at radius 2 is 1.22 bits per heavy atom. The van der Waals surface area contributed by atoms with E-state index in [-0.39, 0.29) is 32.1 Å². The van der Waals surface area contributed by atoms with Crippen molar-refractivity contribution >= 4 is 5.91 Å². The molecule has 37 heavy (non-hydrogen) atoms. The molecule has 216 valence electrons. The van der Waals surface area contributed by atoms with Gasteiger partial charge in [-0.1, -0.05) is 5.92 Å². The van der Waals surface area contributed by atoms with Crippen LogP contribution in [0.2, 0.25) is 0 Å². The summed E-state index contributed by atoms with van der Waals surface area (Å²) in [6.07, 6.45) is 2.67. The zero-order valence-corrected chi connectivity index (χ0v) is 22.9. The predicted molar refractivity (Wildman–Crippen MR) is 136 cm³/mol. The molecule has 0 aliphatic carbocycles. The van der Waals surface area contributed by atoms with Crippen LogP contribution in [0.1, 0.15) is 34.1 Å². The highest BCUT2D eigenvalue weighted by molar-refractivity contribution is 5.78. The quantitative estimate of drug-likeness (QED) is 0.152. The van der Waals surface area contributed by atoms with Crippen molar-refractivity contribution in [3.63, 3.8) is 0 Å². The van der Waals surface area contributed by atoms with Gasteiger partial charge in [-0.3, -0.25) is 4.79 Å². The van der Waals surface area contributed by atoms with Gasteiger partial charge in [0, 0.05) is 26.4 Å². The normalized spacial score (nSPS) is 23.6. The molecule has 0 aromatic carbocycles. The molecule has 0 radical (unpaired) electrons. The van der Waals surface area contributed by atoms with Crippen molar-refractivity contribution in [2.75, 3.05) is 85.9 Å². The fraction of sp³-hybridized carbons (Fsp3) is 0.885. The first-order valence-corrected chi connectivity index (χ1v) is 13.2. The maximum Gasteiger partial charge on any atom is 0.232 e. The lowest BCUT2D eigenvalue weighted by Gasteiger charge is -2.46. The average molecular weight is 534 g/mol. The number of nitrogens with one attached hydrogen (secondary N) is 1. The third-order valence-electron chi connectivity index (χ3n) is 5.29. The standard InChI is InChI=1S/C26H47NO10/c1-6-11-22(28)27-23-25(35-18-15-31-9-4)24(34-17-14-30-8-3)21(20-33-13-12-29-7-2)37-26(23)36-19-16-32-10-5/h1,21,23-26H,7-20H2,2-5H3,(H,27,28). The highest BCUT2D eigenvalue weighted by atomic mass is 16.7. The zero-order chi connectivity index (χ0) is 27.1. The molecule has 11 heteroatoms. The zero-order valence-electron chi connectivity index (χ0n) is 22.9. The third-order valence-corrected chi connectivity index (χ3v) is 5.29. The first-order valence-electron chi connectivity index (χ1n) is 13.2. The van der Waals surface area contributed by atoms with Crippen LogP contribution in [-0.2, 0) is 47.4 Å². The molecule has 0 spiro atoms. The van der Waals surface area contributed by atoms with Gasteiger partial charge in [0.1, 0.15) is 24.4 Å². The van der Waals surface area contributed by atoms with Crippen molar-refractivity contribution < 1.29 is 47.4 Å². The maximum absolute atomic E-state index is 12.5. The molecule has 1 N–H and O–H groups in total. The first-order chi connectivity index (χ1) is 18.1. The van der Waals surface area contributed by atoms with Crippen LogP contribution in [0.25, 0.3) is 0 Å². The van der Waals surface area contributed by atoms with Crippen LogP contribution in [0.15, 0.2) is 0 Å². The minimum atomic E-state index is -0.841. The molecule has 5 atom stereocenters. The topological polar surface area (TPSA) is 112 Å². The van der Waals surface area contributed by atoms with Gasteiger partial charge in [0.25, 0.3) is 0 Å². The Bertz CT molecular complexity index is 602. The Labute approximate surface area is 222 Å². The fourth-order valence-electron chi connectivity index (χ4n) is 3.67. The summed E-state index contributed by atoms with van der Waals surface area (Å²) in [7, 11) is 0. The van der Waals surface area contributed by atoms with Crippen molar-refractivity contribution in [1.29, 1.82) is 0 Å². The van der Waals surface area contributed by atoms with Crippen LogP contribution < -0.4 is 5.32 Å². The lowest BCUT2D eigenvalue weighted by Crippen LogP contribution is -2.66. The van der Waals surface area contributed by atoms with E-state index in [1.807, 2.05) is 27.7 Å². The smallest absolute Gasteiger partial charge is 0.232 e. The van der Waals surface area contributed by atoms with Gasteiger partial charge < -0.3 is 47.9 Å². The number of carbonyl (C=O) groups excluding carboxylic acids is 1. The Hall–Kier alpha value is -1.33. The molecule has 1 saturated heterocycles. The van der Waals surface area contributed by atoms with Gasteiger partial charge in [-0.15, -0.1) is 6.42 Å². The molecule has 1 rings (SSSR count). The number of amides is 1. The number of hydrogen-bond donors (Lipinski definition) is 1. The number of carbonyl (C=O) groups is 1. The molecule has 1 heterocycles. The van der Waals surface area contributed by atoms with E-state index >= 15 is 0 Å². The lowest BCUT2D eigenvalue weighted by atomic mass is 9.96. The average Bonchev–Trinajstić information content (AvgIpc) is 2.89. The summed E-state index contributed by atoms with van der Waals surface area (Å²) in [5.41, 5.74) is 0. The summed E-state index contributed by atoms with van der Waals surface area (Å²) in [6, 6.07) is -0.694. The highest BCUT2D eigenvalue weighted by Crippen LogP contribution is 2.27. The number of rotatable bonds is 23. The lowest BCUT2D eigenvalue weighted by molar-refractivity contribution is -0.290. The van der Waals surface area contributed by atoms with Crippen LogP contribution in [0.5, 0.6) is 0 Å². The Morgan fingerprint density at radius 3 is 1.76 bits per heavy atom. The third kappa shape index (κ3) is 14.4. The van der Waals surface area contributed by atoms with E-state index in [0.29, 0.717) is 66.1 Å². The molecule has 1 aliphatic rings. The van der Waals surface area contributed by atoms with E-state index < -0.39 is 30.6 Å². The minimum Gasteiger partial charge on any atom is -0.379 e. The Balaban J connectivity index is 3.14. The summed E-state index contributed by atoms with van der Waals surface area (Å²) >= 11 is 0. The molecular weight excluding hydrogens is 486 g/mol. The Kier molecular flexibility index (Phi) is 20.6. The molecular formula is C26H47NO10. The molecule has 1 fully saturated rings. The van der Waals surface area contributed by atoms with Crippen LogP contribution in [0.3, 0.4) is 0 Å². The van der Waals surface area contributed by atoms with Crippen molar-refractivity contribution in [1.82, 2.24) is 5.32 Å². The monoisotopic (exact) mass is 533 g/mol. The van der Waals surface area contributed by atoms with Gasteiger partial charge in [0.15, 0.2) is 6.29 Å². The van der Waals surface area contributed by atoms with E-state index in [2.05, 4.69) is 11.2 Å². The van der Waals surface area contributed by atoms with E-state index in [4.69, 9.17) is 49.1 Å². The van der Waals surface area contributed by atoms with Gasteiger partial charge in [0.05, 0.1) is 65.9 Å². The van der Waals surface area contributed by atoms with Gasteiger partial charge >= 0.3 is 0 Å². The molecule has 1 amide bonds. The number of ether oxygens (including phenoxy) is 9. The van der Waals surface area contributed by atoms with E-state index in [1.165, 1.54) is 0 Å². The molecule has 11 nitrogen and oxygen atoms in total. The summed E-state index contributed by atoms with van der Waals surface area (Å²) < 4.78 is 52.3. The van der Waals surface area contributed by atoms with Crippen molar-refractivity contribution in [3.8, 4) is 12.3 Å². The molecule has 1 aliphatic heterocycles. The minimum absolute atomic E-state index is 0.0896. The fourth-order valence-corrected chi connectivity index (χ4v) is 3.67. The van der Waals surface area contributed by atoms with E-state index in [1.54, 1.807) is 0 Å². The predicted octanol–water partition coefficient (Wildman–Crippen LogP) is 1.17. The van der Waals surface area contributed by atoms with Crippen molar-refractivity contribution in [2.45, 2.75) is 64.8 Å². The largest absolute Gasteiger partial charge is 0.379 e. The van der Waals surface area contributed by atoms with Crippen LogP contribution in [0.4, 0.5) is 0 Å². The second kappa shape index (κ2) is 22.6. The van der Waals surface area contributed by atoms with Gasteiger partial charge in [-0.05, 0) is 27.7 Å². The van der Waals surface area contributed by atoms with E-state index in [9.17, 15) is 4.79 Å². The summed E-state index contributed by atoms with van der Waals surface area (Å²) in [5, 5.41) is 2.93. The van der Waals surface area contributed by atoms with Crippen LogP contribution >= 0.6 is 0 Å². The molecule has 5 unspecified atom stereocenters. The second-order valence-electron chi connectivity index (χ2n) is 7.92. The van der Waals surface area contributed by atoms with Crippen LogP contribution in [0, 0.1) is 12.3 Å². The first kappa shape index (κ1) is 33.7. The van der Waals surface area contributed by atoms with E-state index in [0.717, 1.165) is 0 Å². The molecule has 0 bridgehead atoms. The summed E-state index contributed by atoms with van der Waals surface area (Å²) in [6.45, 7) is 13.1. The van der Waals surface area contributed by atoms with Crippen molar-refractivity contribution in [3.05, 3.63) is 0 Å². The van der Waals surface area contributed by atoms with Gasteiger partial charge in [-0.25, -0.2) is 0 Å². The molecule has 0 aromatic rings. The van der Waals surface area contributed by atoms with Crippen LogP contribution in [-0.4, -0.2) is 122 Å². The summed E-state index contributed by atoms with van der Waals surface area (Å²) in [5.74, 6) is 2.03.